The Balaban J connectivity index is 4.21. The van der Waals surface area contributed by atoms with Gasteiger partial charge in [-0.1, -0.05) is 40.0 Å². The van der Waals surface area contributed by atoms with E-state index < -0.39 is 0 Å². The van der Waals surface area contributed by atoms with Crippen molar-refractivity contribution in [2.45, 2.75) is 71.4 Å². The summed E-state index contributed by atoms with van der Waals surface area (Å²) in [6.07, 6.45) is 6.38. The van der Waals surface area contributed by atoms with Crippen LogP contribution in [0.4, 0.5) is 0 Å². The number of ether oxygens (including phenoxy) is 1. The molecule has 2 unspecified atom stereocenters. The third kappa shape index (κ3) is 6.11. The number of carbonyl (C=O) groups excluding carboxylic acids is 1. The van der Waals surface area contributed by atoms with E-state index in [9.17, 15) is 4.79 Å². The van der Waals surface area contributed by atoms with Crippen LogP contribution in [0.5, 0.6) is 0 Å². The van der Waals surface area contributed by atoms with Crippen LogP contribution in [-0.4, -0.2) is 25.2 Å². The number of hydrogen-bond donors (Lipinski definition) is 1. The lowest BCUT2D eigenvalue weighted by molar-refractivity contribution is -0.143. The highest BCUT2D eigenvalue weighted by Gasteiger charge is 2.20. The standard InChI is InChI=1S/C13H27NO2/c1-5-8-10-12(13(15)16-4)14-11(7-3)9-6-2/h11-12,14H,5-10H2,1-4H3. The Labute approximate surface area is 99.9 Å². The Morgan fingerprint density at radius 3 is 2.31 bits per heavy atom. The van der Waals surface area contributed by atoms with Crippen LogP contribution >= 0.6 is 0 Å². The fourth-order valence-electron chi connectivity index (χ4n) is 1.86. The third-order valence-corrected chi connectivity index (χ3v) is 2.90. The van der Waals surface area contributed by atoms with Crippen molar-refractivity contribution in [2.24, 2.45) is 0 Å². The van der Waals surface area contributed by atoms with Gasteiger partial charge in [-0.05, 0) is 19.3 Å². The third-order valence-electron chi connectivity index (χ3n) is 2.90. The molecular formula is C13H27NO2. The van der Waals surface area contributed by atoms with Crippen LogP contribution in [0.25, 0.3) is 0 Å². The lowest BCUT2D eigenvalue weighted by Gasteiger charge is -2.23. The summed E-state index contributed by atoms with van der Waals surface area (Å²) >= 11 is 0. The van der Waals surface area contributed by atoms with E-state index in [-0.39, 0.29) is 12.0 Å². The minimum atomic E-state index is -0.124. The number of methoxy groups -OCH3 is 1. The fourth-order valence-corrected chi connectivity index (χ4v) is 1.86. The highest BCUT2D eigenvalue weighted by Crippen LogP contribution is 2.08. The minimum absolute atomic E-state index is 0.122. The molecule has 96 valence electrons. The molecule has 0 saturated heterocycles. The molecule has 0 radical (unpaired) electrons. The maximum atomic E-state index is 11.6. The molecule has 0 bridgehead atoms. The molecule has 0 aromatic carbocycles. The minimum Gasteiger partial charge on any atom is -0.468 e. The topological polar surface area (TPSA) is 38.3 Å². The van der Waals surface area contributed by atoms with E-state index in [0.717, 1.165) is 38.5 Å². The van der Waals surface area contributed by atoms with E-state index in [1.807, 2.05) is 0 Å². The van der Waals surface area contributed by atoms with Gasteiger partial charge in [-0.2, -0.15) is 0 Å². The monoisotopic (exact) mass is 229 g/mol. The fraction of sp³-hybridized carbons (Fsp3) is 0.923. The van der Waals surface area contributed by atoms with Crippen LogP contribution in [0.3, 0.4) is 0 Å². The quantitative estimate of drug-likeness (QED) is 0.618. The van der Waals surface area contributed by atoms with E-state index in [1.165, 1.54) is 7.11 Å². The molecule has 0 amide bonds. The molecule has 0 rings (SSSR count). The highest BCUT2D eigenvalue weighted by atomic mass is 16.5. The molecule has 3 heteroatoms. The number of rotatable bonds is 9. The summed E-state index contributed by atoms with van der Waals surface area (Å²) in [5, 5.41) is 3.42. The first-order valence-electron chi connectivity index (χ1n) is 6.53. The van der Waals surface area contributed by atoms with Gasteiger partial charge in [0.05, 0.1) is 7.11 Å². The predicted molar refractivity (Wildman–Crippen MR) is 67.5 cm³/mol. The molecule has 0 aromatic rings. The maximum absolute atomic E-state index is 11.6. The number of carbonyl (C=O) groups is 1. The van der Waals surface area contributed by atoms with Gasteiger partial charge < -0.3 is 10.1 Å². The highest BCUT2D eigenvalue weighted by molar-refractivity contribution is 5.75. The van der Waals surface area contributed by atoms with Gasteiger partial charge in [-0.15, -0.1) is 0 Å². The number of nitrogens with one attached hydrogen (secondary N) is 1. The molecule has 2 atom stereocenters. The second kappa shape index (κ2) is 9.64. The van der Waals surface area contributed by atoms with Gasteiger partial charge in [0.2, 0.25) is 0 Å². The van der Waals surface area contributed by atoms with Crippen LogP contribution < -0.4 is 5.32 Å². The van der Waals surface area contributed by atoms with Gasteiger partial charge in [0.1, 0.15) is 6.04 Å². The van der Waals surface area contributed by atoms with Crippen LogP contribution in [0.15, 0.2) is 0 Å². The van der Waals surface area contributed by atoms with Crippen molar-refractivity contribution in [3.05, 3.63) is 0 Å². The van der Waals surface area contributed by atoms with Crippen molar-refractivity contribution in [3.63, 3.8) is 0 Å². The molecule has 0 aromatic heterocycles. The second-order valence-electron chi connectivity index (χ2n) is 4.28. The van der Waals surface area contributed by atoms with Crippen molar-refractivity contribution >= 4 is 5.97 Å². The molecule has 0 aliphatic carbocycles. The summed E-state index contributed by atoms with van der Waals surface area (Å²) < 4.78 is 4.83. The number of unbranched alkanes of at least 4 members (excludes halogenated alkanes) is 1. The summed E-state index contributed by atoms with van der Waals surface area (Å²) in [6.45, 7) is 6.46. The summed E-state index contributed by atoms with van der Waals surface area (Å²) in [4.78, 5) is 11.6. The Bertz CT molecular complexity index is 183. The van der Waals surface area contributed by atoms with Crippen molar-refractivity contribution in [1.82, 2.24) is 5.32 Å². The number of hydrogen-bond acceptors (Lipinski definition) is 3. The zero-order valence-corrected chi connectivity index (χ0v) is 11.2. The molecule has 0 saturated carbocycles. The molecule has 3 nitrogen and oxygen atoms in total. The Morgan fingerprint density at radius 1 is 1.19 bits per heavy atom. The molecule has 0 fully saturated rings. The lowest BCUT2D eigenvalue weighted by Crippen LogP contribution is -2.43. The Morgan fingerprint density at radius 2 is 1.88 bits per heavy atom. The Kier molecular flexibility index (Phi) is 9.30. The van der Waals surface area contributed by atoms with Crippen molar-refractivity contribution in [1.29, 1.82) is 0 Å². The van der Waals surface area contributed by atoms with E-state index in [2.05, 4.69) is 26.1 Å². The SMILES string of the molecule is CCCCC(NC(CC)CCC)C(=O)OC. The van der Waals surface area contributed by atoms with Crippen molar-refractivity contribution in [3.8, 4) is 0 Å². The van der Waals surface area contributed by atoms with Crippen LogP contribution in [0, 0.1) is 0 Å². The van der Waals surface area contributed by atoms with E-state index in [0.29, 0.717) is 6.04 Å². The summed E-state index contributed by atoms with van der Waals surface area (Å²) in [7, 11) is 1.46. The van der Waals surface area contributed by atoms with Crippen LogP contribution in [0.1, 0.15) is 59.3 Å². The van der Waals surface area contributed by atoms with E-state index in [4.69, 9.17) is 4.74 Å². The van der Waals surface area contributed by atoms with E-state index >= 15 is 0 Å². The Hall–Kier alpha value is -0.570. The molecular weight excluding hydrogens is 202 g/mol. The molecule has 0 spiro atoms. The first kappa shape index (κ1) is 15.4. The normalized spacial score (nSPS) is 14.5. The molecule has 16 heavy (non-hydrogen) atoms. The largest absolute Gasteiger partial charge is 0.468 e. The first-order chi connectivity index (χ1) is 7.69. The van der Waals surface area contributed by atoms with Gasteiger partial charge in [0.15, 0.2) is 0 Å². The van der Waals surface area contributed by atoms with Gasteiger partial charge in [-0.3, -0.25) is 4.79 Å². The number of esters is 1. The van der Waals surface area contributed by atoms with Crippen molar-refractivity contribution in [2.75, 3.05) is 7.11 Å². The zero-order chi connectivity index (χ0) is 12.4. The average molecular weight is 229 g/mol. The molecule has 0 heterocycles. The summed E-state index contributed by atoms with van der Waals surface area (Å²) in [5.41, 5.74) is 0. The van der Waals surface area contributed by atoms with Gasteiger partial charge in [0, 0.05) is 6.04 Å². The second-order valence-corrected chi connectivity index (χ2v) is 4.28. The summed E-state index contributed by atoms with van der Waals surface area (Å²) in [6, 6.07) is 0.312. The van der Waals surface area contributed by atoms with Gasteiger partial charge in [0.25, 0.3) is 0 Å². The lowest BCUT2D eigenvalue weighted by atomic mass is 10.0. The average Bonchev–Trinajstić information content (AvgIpc) is 2.32. The molecule has 1 N–H and O–H groups in total. The van der Waals surface area contributed by atoms with Crippen LogP contribution in [-0.2, 0) is 9.53 Å². The smallest absolute Gasteiger partial charge is 0.322 e. The van der Waals surface area contributed by atoms with Gasteiger partial charge in [-0.25, -0.2) is 0 Å². The van der Waals surface area contributed by atoms with E-state index in [1.54, 1.807) is 0 Å². The van der Waals surface area contributed by atoms with Crippen LogP contribution in [0.2, 0.25) is 0 Å². The van der Waals surface area contributed by atoms with Crippen molar-refractivity contribution < 1.29 is 9.53 Å². The first-order valence-corrected chi connectivity index (χ1v) is 6.53. The molecule has 0 aliphatic heterocycles. The summed E-state index contributed by atoms with van der Waals surface area (Å²) in [5.74, 6) is -0.122. The zero-order valence-electron chi connectivity index (χ0n) is 11.2. The predicted octanol–water partition coefficient (Wildman–Crippen LogP) is 2.89. The maximum Gasteiger partial charge on any atom is 0.322 e. The van der Waals surface area contributed by atoms with Gasteiger partial charge >= 0.3 is 5.97 Å². The molecule has 0 aliphatic rings.